The van der Waals surface area contributed by atoms with Crippen molar-refractivity contribution in [3.05, 3.63) is 119 Å². The average Bonchev–Trinajstić information content (AvgIpc) is 3.69. The van der Waals surface area contributed by atoms with Gasteiger partial charge in [0.15, 0.2) is 11.4 Å². The SMILES string of the molecule is CCc1ccccc1Nc1nc2ccc(CC(=O)CNc3ccc(C4CN(C(=O)c5ccccc5)CC4C(=O)O)cc3)cc2o1. The van der Waals surface area contributed by atoms with E-state index in [0.717, 1.165) is 34.5 Å². The number of carbonyl (C=O) groups is 3. The van der Waals surface area contributed by atoms with Gasteiger partial charge in [0.2, 0.25) is 0 Å². The van der Waals surface area contributed by atoms with Crippen LogP contribution in [0.4, 0.5) is 17.4 Å². The van der Waals surface area contributed by atoms with Crippen molar-refractivity contribution in [3.8, 4) is 0 Å². The number of amides is 1. The number of benzene rings is 4. The number of nitrogens with one attached hydrogen (secondary N) is 2. The second kappa shape index (κ2) is 13.1. The van der Waals surface area contributed by atoms with Crippen LogP contribution in [-0.4, -0.2) is 52.3 Å². The van der Waals surface area contributed by atoms with E-state index < -0.39 is 11.9 Å². The van der Waals surface area contributed by atoms with E-state index in [1.807, 2.05) is 66.7 Å². The molecule has 228 valence electrons. The highest BCUT2D eigenvalue weighted by Gasteiger charge is 2.40. The summed E-state index contributed by atoms with van der Waals surface area (Å²) >= 11 is 0. The summed E-state index contributed by atoms with van der Waals surface area (Å²) in [4.78, 5) is 44.0. The van der Waals surface area contributed by atoms with Crippen molar-refractivity contribution in [3.63, 3.8) is 0 Å². The predicted octanol–water partition coefficient (Wildman–Crippen LogP) is 6.30. The molecule has 0 radical (unpaired) electrons. The van der Waals surface area contributed by atoms with Crippen molar-refractivity contribution >= 4 is 46.1 Å². The number of hydrogen-bond donors (Lipinski definition) is 3. The molecule has 6 rings (SSSR count). The van der Waals surface area contributed by atoms with E-state index in [9.17, 15) is 19.5 Å². The molecular weight excluding hydrogens is 568 g/mol. The number of aliphatic carboxylic acids is 1. The van der Waals surface area contributed by atoms with Gasteiger partial charge in [0.1, 0.15) is 5.52 Å². The van der Waals surface area contributed by atoms with Crippen LogP contribution in [0.3, 0.4) is 0 Å². The van der Waals surface area contributed by atoms with E-state index in [4.69, 9.17) is 4.42 Å². The van der Waals surface area contributed by atoms with E-state index in [2.05, 4.69) is 28.6 Å². The molecule has 1 aromatic heterocycles. The Kier molecular flexibility index (Phi) is 8.59. The average molecular weight is 603 g/mol. The highest BCUT2D eigenvalue weighted by molar-refractivity contribution is 5.95. The monoisotopic (exact) mass is 602 g/mol. The van der Waals surface area contributed by atoms with E-state index in [1.165, 1.54) is 0 Å². The van der Waals surface area contributed by atoms with E-state index in [0.29, 0.717) is 29.2 Å². The van der Waals surface area contributed by atoms with Crippen molar-refractivity contribution in [1.29, 1.82) is 0 Å². The maximum Gasteiger partial charge on any atom is 0.308 e. The predicted molar refractivity (Wildman–Crippen MR) is 173 cm³/mol. The summed E-state index contributed by atoms with van der Waals surface area (Å²) in [6, 6.07) is 30.3. The van der Waals surface area contributed by atoms with Crippen LogP contribution in [0.1, 0.15) is 39.9 Å². The quantitative estimate of drug-likeness (QED) is 0.161. The van der Waals surface area contributed by atoms with Crippen LogP contribution in [0.15, 0.2) is 101 Å². The van der Waals surface area contributed by atoms with Crippen LogP contribution in [-0.2, 0) is 22.4 Å². The van der Waals surface area contributed by atoms with Crippen molar-refractivity contribution < 1.29 is 23.9 Å². The molecule has 4 aromatic carbocycles. The zero-order valence-electron chi connectivity index (χ0n) is 24.9. The standard InChI is InChI=1S/C36H34N4O5/c1-2-24-8-6-7-11-31(24)38-36-39-32-17-12-23(19-33(32)45-36)18-28(41)20-37-27-15-13-25(14-16-27)29-21-40(22-30(29)35(43)44)34(42)26-9-4-3-5-10-26/h3-17,19,29-30,37H,2,18,20-22H2,1H3,(H,38,39)(H,43,44). The minimum atomic E-state index is -0.922. The first-order chi connectivity index (χ1) is 21.9. The van der Waals surface area contributed by atoms with Gasteiger partial charge >= 0.3 is 5.97 Å². The summed E-state index contributed by atoms with van der Waals surface area (Å²) in [5, 5.41) is 16.3. The molecule has 1 aliphatic heterocycles. The van der Waals surface area contributed by atoms with Gasteiger partial charge in [0.25, 0.3) is 11.9 Å². The number of hydrogen-bond acceptors (Lipinski definition) is 7. The second-order valence-corrected chi connectivity index (χ2v) is 11.3. The van der Waals surface area contributed by atoms with E-state index in [-0.39, 0.29) is 37.1 Å². The van der Waals surface area contributed by atoms with Crippen LogP contribution in [0, 0.1) is 5.92 Å². The number of aryl methyl sites for hydroxylation is 1. The third-order valence-corrected chi connectivity index (χ3v) is 8.27. The summed E-state index contributed by atoms with van der Waals surface area (Å²) in [5.74, 6) is -2.11. The topological polar surface area (TPSA) is 125 Å². The molecule has 1 amide bonds. The number of para-hydroxylation sites is 1. The molecule has 2 atom stereocenters. The van der Waals surface area contributed by atoms with Gasteiger partial charge in [-0.3, -0.25) is 14.4 Å². The minimum Gasteiger partial charge on any atom is -0.481 e. The number of nitrogens with zero attached hydrogens (tertiary/aromatic N) is 2. The molecule has 2 heterocycles. The lowest BCUT2D eigenvalue weighted by Crippen LogP contribution is -2.29. The Bertz CT molecular complexity index is 1830. The molecule has 1 fully saturated rings. The lowest BCUT2D eigenvalue weighted by molar-refractivity contribution is -0.141. The van der Waals surface area contributed by atoms with Crippen LogP contribution in [0.5, 0.6) is 0 Å². The highest BCUT2D eigenvalue weighted by atomic mass is 16.4. The Balaban J connectivity index is 1.05. The number of aromatic nitrogens is 1. The molecule has 1 saturated heterocycles. The number of oxazole rings is 1. The maximum atomic E-state index is 13.0. The van der Waals surface area contributed by atoms with Gasteiger partial charge in [-0.2, -0.15) is 4.98 Å². The fourth-order valence-corrected chi connectivity index (χ4v) is 5.86. The van der Waals surface area contributed by atoms with Crippen molar-refractivity contribution in [1.82, 2.24) is 9.88 Å². The number of fused-ring (bicyclic) bond motifs is 1. The zero-order valence-corrected chi connectivity index (χ0v) is 24.9. The maximum absolute atomic E-state index is 13.0. The summed E-state index contributed by atoms with van der Waals surface area (Å²) in [7, 11) is 0. The number of Topliss-reactive ketones (excluding diaryl/α,β-unsaturated/α-hetero) is 1. The zero-order chi connectivity index (χ0) is 31.3. The van der Waals surface area contributed by atoms with E-state index >= 15 is 0 Å². The Labute approximate surface area is 260 Å². The molecule has 1 aliphatic rings. The number of rotatable bonds is 11. The van der Waals surface area contributed by atoms with Gasteiger partial charge in [0, 0.05) is 42.4 Å². The summed E-state index contributed by atoms with van der Waals surface area (Å²) in [6.07, 6.45) is 1.12. The number of ketones is 1. The van der Waals surface area contributed by atoms with Crippen LogP contribution in [0.25, 0.3) is 11.1 Å². The summed E-state index contributed by atoms with van der Waals surface area (Å²) < 4.78 is 5.93. The smallest absolute Gasteiger partial charge is 0.308 e. The Morgan fingerprint density at radius 2 is 1.69 bits per heavy atom. The Morgan fingerprint density at radius 3 is 2.44 bits per heavy atom. The fraction of sp³-hybridized carbons (Fsp3) is 0.222. The van der Waals surface area contributed by atoms with Crippen molar-refractivity contribution in [2.75, 3.05) is 30.3 Å². The van der Waals surface area contributed by atoms with Gasteiger partial charge in [0.05, 0.1) is 12.5 Å². The van der Waals surface area contributed by atoms with E-state index in [1.54, 1.807) is 29.2 Å². The Hall–Kier alpha value is -5.44. The van der Waals surface area contributed by atoms with Crippen LogP contribution >= 0.6 is 0 Å². The molecule has 2 unspecified atom stereocenters. The normalized spacial score (nSPS) is 16.1. The van der Waals surface area contributed by atoms with Gasteiger partial charge in [-0.15, -0.1) is 0 Å². The highest BCUT2D eigenvalue weighted by Crippen LogP contribution is 2.34. The number of anilines is 3. The third kappa shape index (κ3) is 6.72. The number of carboxylic acid groups (broad SMARTS) is 1. The molecule has 0 spiro atoms. The van der Waals surface area contributed by atoms with Gasteiger partial charge in [-0.25, -0.2) is 0 Å². The minimum absolute atomic E-state index is 0.00460. The first kappa shape index (κ1) is 29.6. The van der Waals surface area contributed by atoms with Crippen molar-refractivity contribution in [2.24, 2.45) is 5.92 Å². The first-order valence-corrected chi connectivity index (χ1v) is 15.0. The fourth-order valence-electron chi connectivity index (χ4n) is 5.86. The summed E-state index contributed by atoms with van der Waals surface area (Å²) in [6.45, 7) is 2.72. The number of carboxylic acids is 1. The molecule has 45 heavy (non-hydrogen) atoms. The summed E-state index contributed by atoms with van der Waals surface area (Å²) in [5.41, 5.74) is 6.40. The third-order valence-electron chi connectivity index (χ3n) is 8.27. The molecule has 5 aromatic rings. The van der Waals surface area contributed by atoms with Gasteiger partial charge in [-0.1, -0.05) is 61.5 Å². The first-order valence-electron chi connectivity index (χ1n) is 15.0. The molecule has 9 heteroatoms. The second-order valence-electron chi connectivity index (χ2n) is 11.3. The number of carbonyl (C=O) groups excluding carboxylic acids is 2. The van der Waals surface area contributed by atoms with Gasteiger partial charge < -0.3 is 25.1 Å². The van der Waals surface area contributed by atoms with Crippen LogP contribution < -0.4 is 10.6 Å². The molecule has 0 bridgehead atoms. The lowest BCUT2D eigenvalue weighted by atomic mass is 9.89. The van der Waals surface area contributed by atoms with Gasteiger partial charge in [-0.05, 0) is 65.6 Å². The largest absolute Gasteiger partial charge is 0.481 e. The molecule has 9 nitrogen and oxygen atoms in total. The van der Waals surface area contributed by atoms with Crippen molar-refractivity contribution in [2.45, 2.75) is 25.7 Å². The molecule has 0 saturated carbocycles. The Morgan fingerprint density at radius 1 is 0.933 bits per heavy atom. The molecule has 0 aliphatic carbocycles. The molecular formula is C36H34N4O5. The number of likely N-dealkylation sites (tertiary alicyclic amines) is 1. The van der Waals surface area contributed by atoms with Crippen LogP contribution in [0.2, 0.25) is 0 Å². The lowest BCUT2D eigenvalue weighted by Gasteiger charge is -2.17. The molecule has 3 N–H and O–H groups in total.